The number of nitrogens with one attached hydrogen (secondary N) is 1. The largest absolute Gasteiger partial charge is 0.489 e. The Kier molecular flexibility index (Phi) is 6.20. The van der Waals surface area contributed by atoms with E-state index in [1.807, 2.05) is 0 Å². The molecule has 0 aromatic heterocycles. The van der Waals surface area contributed by atoms with E-state index >= 15 is 0 Å². The highest BCUT2D eigenvalue weighted by Gasteiger charge is 2.10. The van der Waals surface area contributed by atoms with E-state index in [9.17, 15) is 4.79 Å². The predicted molar refractivity (Wildman–Crippen MR) is 93.7 cm³/mol. The quantitative estimate of drug-likeness (QED) is 0.480. The zero-order chi connectivity index (χ0) is 16.7. The van der Waals surface area contributed by atoms with Crippen LogP contribution in [0.15, 0.2) is 60.2 Å². The van der Waals surface area contributed by atoms with Gasteiger partial charge in [-0.25, -0.2) is 5.43 Å². The first-order valence-corrected chi connectivity index (χ1v) is 7.48. The Balaban J connectivity index is 2.07. The highest BCUT2D eigenvalue weighted by molar-refractivity contribution is 6.36. The average molecular weight is 349 g/mol. The normalized spacial score (nSPS) is 10.5. The summed E-state index contributed by atoms with van der Waals surface area (Å²) >= 11 is 11.8. The number of halogens is 2. The molecule has 2 aromatic carbocycles. The number of benzene rings is 2. The number of ether oxygens (including phenoxy) is 1. The Hall–Kier alpha value is -2.30. The molecule has 23 heavy (non-hydrogen) atoms. The Bertz CT molecular complexity index is 745. The molecule has 0 bridgehead atoms. The Morgan fingerprint density at radius 3 is 2.78 bits per heavy atom. The van der Waals surface area contributed by atoms with Gasteiger partial charge in [0.15, 0.2) is 0 Å². The number of amides is 1. The number of hydrazone groups is 1. The van der Waals surface area contributed by atoms with Gasteiger partial charge in [0, 0.05) is 10.6 Å². The molecule has 0 spiro atoms. The molecule has 1 amide bonds. The summed E-state index contributed by atoms with van der Waals surface area (Å²) in [4.78, 5) is 12.2. The van der Waals surface area contributed by atoms with Crippen molar-refractivity contribution in [3.05, 3.63) is 76.3 Å². The molecule has 0 unspecified atom stereocenters. The lowest BCUT2D eigenvalue weighted by Crippen LogP contribution is -2.18. The van der Waals surface area contributed by atoms with Crippen LogP contribution in [0.2, 0.25) is 10.0 Å². The van der Waals surface area contributed by atoms with Crippen LogP contribution in [0.1, 0.15) is 15.9 Å². The number of carbonyl (C=O) groups excluding carboxylic acids is 1. The highest BCUT2D eigenvalue weighted by atomic mass is 35.5. The molecule has 0 radical (unpaired) electrons. The third kappa shape index (κ3) is 4.84. The molecule has 2 rings (SSSR count). The van der Waals surface area contributed by atoms with E-state index in [-0.39, 0.29) is 5.91 Å². The molecule has 118 valence electrons. The molecule has 0 saturated carbocycles. The van der Waals surface area contributed by atoms with Crippen molar-refractivity contribution in [2.24, 2.45) is 5.10 Å². The fourth-order valence-electron chi connectivity index (χ4n) is 1.76. The van der Waals surface area contributed by atoms with Gasteiger partial charge in [0.25, 0.3) is 5.91 Å². The van der Waals surface area contributed by atoms with E-state index in [2.05, 4.69) is 17.1 Å². The van der Waals surface area contributed by atoms with Gasteiger partial charge in [-0.1, -0.05) is 54.1 Å². The summed E-state index contributed by atoms with van der Waals surface area (Å²) in [7, 11) is 0. The van der Waals surface area contributed by atoms with Crippen LogP contribution in [0, 0.1) is 0 Å². The van der Waals surface area contributed by atoms with Crippen molar-refractivity contribution in [3.8, 4) is 5.75 Å². The van der Waals surface area contributed by atoms with Crippen LogP contribution in [0.4, 0.5) is 0 Å². The summed E-state index contributed by atoms with van der Waals surface area (Å²) in [5, 5.41) is 4.88. The van der Waals surface area contributed by atoms with Crippen LogP contribution in [-0.2, 0) is 0 Å². The number of rotatable bonds is 6. The molecular formula is C17H14Cl2N2O2. The van der Waals surface area contributed by atoms with E-state index in [1.54, 1.807) is 48.5 Å². The van der Waals surface area contributed by atoms with Gasteiger partial charge in [0.2, 0.25) is 0 Å². The van der Waals surface area contributed by atoms with Gasteiger partial charge in [-0.15, -0.1) is 0 Å². The van der Waals surface area contributed by atoms with Crippen molar-refractivity contribution < 1.29 is 9.53 Å². The lowest BCUT2D eigenvalue weighted by molar-refractivity contribution is 0.0951. The molecule has 0 aliphatic heterocycles. The van der Waals surface area contributed by atoms with Gasteiger partial charge in [0.1, 0.15) is 12.4 Å². The second-order valence-electron chi connectivity index (χ2n) is 4.46. The molecule has 6 heteroatoms. The first kappa shape index (κ1) is 17.1. The summed E-state index contributed by atoms with van der Waals surface area (Å²) < 4.78 is 5.44. The smallest absolute Gasteiger partial charge is 0.275 e. The van der Waals surface area contributed by atoms with Gasteiger partial charge in [0.05, 0.1) is 16.8 Å². The summed E-state index contributed by atoms with van der Waals surface area (Å²) in [6.45, 7) is 3.89. The number of nitrogens with zero attached hydrogens (tertiary/aromatic N) is 1. The minimum absolute atomic E-state index is 0.313. The Morgan fingerprint density at radius 2 is 2.04 bits per heavy atom. The second kappa shape index (κ2) is 8.36. The number of para-hydroxylation sites is 1. The van der Waals surface area contributed by atoms with Crippen LogP contribution < -0.4 is 10.2 Å². The lowest BCUT2D eigenvalue weighted by atomic mass is 10.2. The average Bonchev–Trinajstić information content (AvgIpc) is 2.55. The summed E-state index contributed by atoms with van der Waals surface area (Å²) in [6, 6.07) is 11.9. The zero-order valence-electron chi connectivity index (χ0n) is 12.1. The van der Waals surface area contributed by atoms with Gasteiger partial charge < -0.3 is 4.74 Å². The van der Waals surface area contributed by atoms with Crippen molar-refractivity contribution in [1.29, 1.82) is 0 Å². The van der Waals surface area contributed by atoms with Crippen molar-refractivity contribution >= 4 is 35.3 Å². The molecule has 0 saturated heterocycles. The summed E-state index contributed by atoms with van der Waals surface area (Å²) in [5.41, 5.74) is 3.47. The zero-order valence-corrected chi connectivity index (χ0v) is 13.6. The standard InChI is InChI=1S/C17H14Cl2N2O2/c1-2-9-23-16-6-4-3-5-14(16)17(22)21-20-11-12-7-8-13(18)10-15(12)19/h2-8,10-11H,1,9H2,(H,21,22). The van der Waals surface area contributed by atoms with Crippen molar-refractivity contribution in [1.82, 2.24) is 5.43 Å². The molecular weight excluding hydrogens is 335 g/mol. The van der Waals surface area contributed by atoms with Gasteiger partial charge >= 0.3 is 0 Å². The SMILES string of the molecule is C=CCOc1ccccc1C(=O)NN=Cc1ccc(Cl)cc1Cl. The van der Waals surface area contributed by atoms with Gasteiger partial charge in [-0.3, -0.25) is 4.79 Å². The van der Waals surface area contributed by atoms with Crippen LogP contribution in [0.3, 0.4) is 0 Å². The lowest BCUT2D eigenvalue weighted by Gasteiger charge is -2.08. The van der Waals surface area contributed by atoms with Crippen molar-refractivity contribution in [3.63, 3.8) is 0 Å². The maximum atomic E-state index is 12.2. The van der Waals surface area contributed by atoms with Crippen LogP contribution in [0.5, 0.6) is 5.75 Å². The van der Waals surface area contributed by atoms with E-state index in [4.69, 9.17) is 27.9 Å². The van der Waals surface area contributed by atoms with E-state index in [1.165, 1.54) is 6.21 Å². The van der Waals surface area contributed by atoms with Crippen molar-refractivity contribution in [2.75, 3.05) is 6.61 Å². The topological polar surface area (TPSA) is 50.7 Å². The Morgan fingerprint density at radius 1 is 1.26 bits per heavy atom. The van der Waals surface area contributed by atoms with Crippen molar-refractivity contribution in [2.45, 2.75) is 0 Å². The minimum atomic E-state index is -0.383. The third-order valence-electron chi connectivity index (χ3n) is 2.82. The van der Waals surface area contributed by atoms with Crippen LogP contribution in [0.25, 0.3) is 0 Å². The fraction of sp³-hybridized carbons (Fsp3) is 0.0588. The maximum Gasteiger partial charge on any atom is 0.275 e. The van der Waals surface area contributed by atoms with Gasteiger partial charge in [-0.2, -0.15) is 5.10 Å². The molecule has 0 aliphatic carbocycles. The first-order valence-electron chi connectivity index (χ1n) is 6.73. The highest BCUT2D eigenvalue weighted by Crippen LogP contribution is 2.20. The molecule has 0 fully saturated rings. The molecule has 0 aliphatic rings. The molecule has 0 heterocycles. The molecule has 0 atom stereocenters. The summed E-state index contributed by atoms with van der Waals surface area (Å²) in [6.07, 6.45) is 3.05. The number of hydrogen-bond acceptors (Lipinski definition) is 3. The van der Waals surface area contributed by atoms with E-state index in [0.717, 1.165) is 0 Å². The monoisotopic (exact) mass is 348 g/mol. The minimum Gasteiger partial charge on any atom is -0.489 e. The molecule has 1 N–H and O–H groups in total. The fourth-order valence-corrected chi connectivity index (χ4v) is 2.21. The number of hydrogen-bond donors (Lipinski definition) is 1. The van der Waals surface area contributed by atoms with E-state index < -0.39 is 0 Å². The van der Waals surface area contributed by atoms with Gasteiger partial charge in [-0.05, 0) is 24.3 Å². The van der Waals surface area contributed by atoms with E-state index in [0.29, 0.717) is 33.5 Å². The van der Waals surface area contributed by atoms with Crippen LogP contribution >= 0.6 is 23.2 Å². The molecule has 4 nitrogen and oxygen atoms in total. The maximum absolute atomic E-state index is 12.2. The van der Waals surface area contributed by atoms with Crippen LogP contribution in [-0.4, -0.2) is 18.7 Å². The predicted octanol–water partition coefficient (Wildman–Crippen LogP) is 4.32. The Labute approximate surface area is 144 Å². The number of carbonyl (C=O) groups is 1. The third-order valence-corrected chi connectivity index (χ3v) is 3.38. The first-order chi connectivity index (χ1) is 11.1. The molecule has 2 aromatic rings. The second-order valence-corrected chi connectivity index (χ2v) is 5.30. The summed E-state index contributed by atoms with van der Waals surface area (Å²) in [5.74, 6) is 0.0793.